The Morgan fingerprint density at radius 3 is 2.50 bits per heavy atom. The number of aromatic amines is 1. The van der Waals surface area contributed by atoms with Crippen LogP contribution in [0, 0.1) is 29.6 Å². The van der Waals surface area contributed by atoms with Crippen LogP contribution in [0.3, 0.4) is 0 Å². The lowest BCUT2D eigenvalue weighted by atomic mass is 9.96. The number of nitrogens with one attached hydrogen (secondary N) is 1. The van der Waals surface area contributed by atoms with Crippen molar-refractivity contribution >= 4 is 5.65 Å². The van der Waals surface area contributed by atoms with Crippen LogP contribution in [0.25, 0.3) is 16.9 Å². The molecule has 24 heavy (non-hydrogen) atoms. The molecule has 0 aliphatic rings. The monoisotopic (exact) mass is 317 g/mol. The second-order valence-corrected chi connectivity index (χ2v) is 5.95. The Labute approximate surface area is 138 Å². The molecule has 0 fully saturated rings. The van der Waals surface area contributed by atoms with E-state index in [0.29, 0.717) is 28.0 Å². The van der Waals surface area contributed by atoms with E-state index in [-0.39, 0.29) is 11.5 Å². The Balaban J connectivity index is 2.40. The summed E-state index contributed by atoms with van der Waals surface area (Å²) >= 11 is 0. The van der Waals surface area contributed by atoms with Gasteiger partial charge in [0.05, 0.1) is 23.5 Å². The summed E-state index contributed by atoms with van der Waals surface area (Å²) in [4.78, 5) is 16.0. The van der Waals surface area contributed by atoms with E-state index < -0.39 is 0 Å². The van der Waals surface area contributed by atoms with Crippen molar-refractivity contribution < 1.29 is 0 Å². The fourth-order valence-electron chi connectivity index (χ4n) is 2.82. The average molecular weight is 317 g/mol. The van der Waals surface area contributed by atoms with Gasteiger partial charge in [-0.3, -0.25) is 4.79 Å². The van der Waals surface area contributed by atoms with E-state index in [1.807, 2.05) is 39.0 Å². The minimum Gasteiger partial charge on any atom is -0.338 e. The Morgan fingerprint density at radius 1 is 1.21 bits per heavy atom. The van der Waals surface area contributed by atoms with Crippen LogP contribution in [0.1, 0.15) is 42.0 Å². The smallest absolute Gasteiger partial charge is 0.278 e. The molecule has 0 radical (unpaired) electrons. The largest absolute Gasteiger partial charge is 0.338 e. The molecule has 6 nitrogen and oxygen atoms in total. The summed E-state index contributed by atoms with van der Waals surface area (Å²) in [6.45, 7) is 5.73. The fourth-order valence-corrected chi connectivity index (χ4v) is 2.82. The zero-order valence-electron chi connectivity index (χ0n) is 13.6. The van der Waals surface area contributed by atoms with Crippen LogP contribution in [0.5, 0.6) is 0 Å². The molecule has 2 heterocycles. The van der Waals surface area contributed by atoms with E-state index in [2.05, 4.69) is 16.2 Å². The molecule has 0 saturated carbocycles. The third-order valence-corrected chi connectivity index (χ3v) is 4.04. The van der Waals surface area contributed by atoms with Crippen molar-refractivity contribution in [2.75, 3.05) is 0 Å². The molecule has 0 unspecified atom stereocenters. The lowest BCUT2D eigenvalue weighted by molar-refractivity contribution is 0.797. The second kappa shape index (κ2) is 5.68. The molecule has 118 valence electrons. The van der Waals surface area contributed by atoms with E-state index in [4.69, 9.17) is 5.26 Å². The van der Waals surface area contributed by atoms with E-state index >= 15 is 0 Å². The second-order valence-electron chi connectivity index (χ2n) is 5.95. The molecule has 0 spiro atoms. The maximum Gasteiger partial charge on any atom is 0.278 e. The maximum atomic E-state index is 12.8. The minimum atomic E-state index is -0.239. The molecule has 0 saturated heterocycles. The van der Waals surface area contributed by atoms with Crippen molar-refractivity contribution in [3.05, 3.63) is 57.0 Å². The number of benzene rings is 1. The summed E-state index contributed by atoms with van der Waals surface area (Å²) in [7, 11) is 0. The third-order valence-electron chi connectivity index (χ3n) is 4.04. The van der Waals surface area contributed by atoms with Crippen LogP contribution in [0.2, 0.25) is 0 Å². The minimum absolute atomic E-state index is 0.0289. The summed E-state index contributed by atoms with van der Waals surface area (Å²) in [5, 5.41) is 22.3. The summed E-state index contributed by atoms with van der Waals surface area (Å²) in [5.41, 5.74) is 3.94. The molecule has 1 aromatic carbocycles. The fraction of sp³-hybridized carbons (Fsp3) is 0.222. The normalized spacial score (nSPS) is 10.8. The van der Waals surface area contributed by atoms with E-state index in [1.54, 1.807) is 6.07 Å². The standard InChI is InChI=1S/C18H15N5O/c1-10(2)15-16(12-4-5-13(7-19)11(3)6-12)22-17-14(8-20)9-21-23(17)18(15)24/h4-6,9-10,22H,1-3H3. The molecular formula is C18H15N5O. The highest BCUT2D eigenvalue weighted by Gasteiger charge is 2.19. The number of hydrogen-bond acceptors (Lipinski definition) is 4. The predicted molar refractivity (Wildman–Crippen MR) is 89.5 cm³/mol. The van der Waals surface area contributed by atoms with Crippen molar-refractivity contribution in [1.29, 1.82) is 10.5 Å². The SMILES string of the molecule is Cc1cc(-c2[nH]c3c(C#N)cnn3c(=O)c2C(C)C)ccc1C#N. The molecule has 0 bridgehead atoms. The third kappa shape index (κ3) is 2.26. The Bertz CT molecular complexity index is 1090. The van der Waals surface area contributed by atoms with Gasteiger partial charge in [0.2, 0.25) is 0 Å². The number of rotatable bonds is 2. The van der Waals surface area contributed by atoms with Gasteiger partial charge in [-0.15, -0.1) is 0 Å². The van der Waals surface area contributed by atoms with E-state index in [1.165, 1.54) is 10.7 Å². The van der Waals surface area contributed by atoms with Gasteiger partial charge in [0.15, 0.2) is 5.65 Å². The summed E-state index contributed by atoms with van der Waals surface area (Å²) in [6, 6.07) is 9.59. The number of H-pyrrole nitrogens is 1. The van der Waals surface area contributed by atoms with Gasteiger partial charge in [-0.05, 0) is 36.1 Å². The quantitative estimate of drug-likeness (QED) is 0.785. The highest BCUT2D eigenvalue weighted by atomic mass is 16.1. The van der Waals surface area contributed by atoms with Gasteiger partial charge in [0, 0.05) is 5.56 Å². The molecule has 0 atom stereocenters. The van der Waals surface area contributed by atoms with Crippen molar-refractivity contribution in [2.24, 2.45) is 0 Å². The Kier molecular flexibility index (Phi) is 3.67. The first-order chi connectivity index (χ1) is 11.5. The van der Waals surface area contributed by atoms with Crippen LogP contribution in [0.4, 0.5) is 0 Å². The molecule has 1 N–H and O–H groups in total. The predicted octanol–water partition coefficient (Wildman–Crippen LogP) is 2.86. The van der Waals surface area contributed by atoms with Gasteiger partial charge in [-0.1, -0.05) is 19.9 Å². The number of nitrogens with zero attached hydrogens (tertiary/aromatic N) is 4. The molecule has 0 amide bonds. The molecule has 3 rings (SSSR count). The van der Waals surface area contributed by atoms with Gasteiger partial charge < -0.3 is 4.98 Å². The van der Waals surface area contributed by atoms with Gasteiger partial charge in [0.25, 0.3) is 5.56 Å². The number of nitriles is 2. The van der Waals surface area contributed by atoms with Crippen LogP contribution in [-0.4, -0.2) is 14.6 Å². The first-order valence-electron chi connectivity index (χ1n) is 7.53. The van der Waals surface area contributed by atoms with Crippen molar-refractivity contribution in [3.8, 4) is 23.4 Å². The average Bonchev–Trinajstić information content (AvgIpc) is 2.97. The maximum absolute atomic E-state index is 12.8. The molecule has 2 aromatic heterocycles. The lowest BCUT2D eigenvalue weighted by Gasteiger charge is -2.14. The van der Waals surface area contributed by atoms with Crippen LogP contribution >= 0.6 is 0 Å². The van der Waals surface area contributed by atoms with Crippen LogP contribution in [-0.2, 0) is 0 Å². The Hall–Kier alpha value is -3.38. The zero-order chi connectivity index (χ0) is 17.4. The van der Waals surface area contributed by atoms with Gasteiger partial charge in [-0.2, -0.15) is 20.1 Å². The van der Waals surface area contributed by atoms with E-state index in [0.717, 1.165) is 11.1 Å². The van der Waals surface area contributed by atoms with Crippen LogP contribution < -0.4 is 5.56 Å². The summed E-state index contributed by atoms with van der Waals surface area (Å²) in [6.07, 6.45) is 1.38. The topological polar surface area (TPSA) is 97.7 Å². The zero-order valence-corrected chi connectivity index (χ0v) is 13.6. The van der Waals surface area contributed by atoms with Crippen molar-refractivity contribution in [1.82, 2.24) is 14.6 Å². The molecule has 0 aliphatic heterocycles. The molecule has 0 aliphatic carbocycles. The van der Waals surface area contributed by atoms with Crippen molar-refractivity contribution in [2.45, 2.75) is 26.7 Å². The number of aryl methyl sites for hydroxylation is 1. The van der Waals surface area contributed by atoms with Gasteiger partial charge in [0.1, 0.15) is 11.6 Å². The number of fused-ring (bicyclic) bond motifs is 1. The van der Waals surface area contributed by atoms with E-state index in [9.17, 15) is 10.1 Å². The van der Waals surface area contributed by atoms with Crippen molar-refractivity contribution in [3.63, 3.8) is 0 Å². The highest BCUT2D eigenvalue weighted by Crippen LogP contribution is 2.27. The van der Waals surface area contributed by atoms with Gasteiger partial charge >= 0.3 is 0 Å². The Morgan fingerprint density at radius 2 is 1.92 bits per heavy atom. The number of aromatic nitrogens is 3. The lowest BCUT2D eigenvalue weighted by Crippen LogP contribution is -2.22. The highest BCUT2D eigenvalue weighted by molar-refractivity contribution is 5.69. The first kappa shape index (κ1) is 15.5. The van der Waals surface area contributed by atoms with Gasteiger partial charge in [-0.25, -0.2) is 0 Å². The molecule has 3 aromatic rings. The van der Waals surface area contributed by atoms with Crippen LogP contribution in [0.15, 0.2) is 29.2 Å². The summed E-state index contributed by atoms with van der Waals surface area (Å²) in [5.74, 6) is -0.0289. The first-order valence-corrected chi connectivity index (χ1v) is 7.53. The summed E-state index contributed by atoms with van der Waals surface area (Å²) < 4.78 is 1.23. The molecule has 6 heteroatoms. The molecular weight excluding hydrogens is 302 g/mol. The number of hydrogen-bond donors (Lipinski definition) is 1.